The van der Waals surface area contributed by atoms with Crippen molar-refractivity contribution in [3.05, 3.63) is 79.9 Å². The zero-order valence-electron chi connectivity index (χ0n) is 18.3. The molecule has 2 saturated heterocycles. The van der Waals surface area contributed by atoms with E-state index in [1.165, 1.54) is 12.1 Å². The van der Waals surface area contributed by atoms with Crippen LogP contribution in [0, 0.1) is 20.2 Å². The molecule has 4 rings (SSSR count). The van der Waals surface area contributed by atoms with Crippen molar-refractivity contribution in [2.24, 2.45) is 0 Å². The fraction of sp³-hybridized carbons (Fsp3) is 0.500. The van der Waals surface area contributed by atoms with E-state index in [0.717, 1.165) is 25.7 Å². The van der Waals surface area contributed by atoms with E-state index in [-0.39, 0.29) is 33.4 Å². The van der Waals surface area contributed by atoms with E-state index < -0.39 is 12.2 Å². The molecule has 2 fully saturated rings. The first-order valence-electron chi connectivity index (χ1n) is 11.4. The predicted octanol–water partition coefficient (Wildman–Crippen LogP) is 4.40. The van der Waals surface area contributed by atoms with Crippen LogP contribution in [0.3, 0.4) is 0 Å². The lowest BCUT2D eigenvalue weighted by atomic mass is 9.97. The quantitative estimate of drug-likeness (QED) is 0.384. The molecule has 0 bridgehead atoms. The maximum Gasteiger partial charge on any atom is 0.272 e. The molecule has 176 valence electrons. The van der Waals surface area contributed by atoms with E-state index in [2.05, 4.69) is 0 Å². The third kappa shape index (κ3) is 5.73. The molecule has 0 radical (unpaired) electrons. The summed E-state index contributed by atoms with van der Waals surface area (Å²) in [6.07, 6.45) is 2.80. The van der Waals surface area contributed by atoms with Gasteiger partial charge in [-0.25, -0.2) is 0 Å². The van der Waals surface area contributed by atoms with Crippen molar-refractivity contribution in [2.45, 2.75) is 62.9 Å². The maximum absolute atomic E-state index is 11.5. The molecular weight excluding hydrogens is 428 g/mol. The minimum atomic E-state index is -0.425. The third-order valence-corrected chi connectivity index (χ3v) is 6.33. The van der Waals surface area contributed by atoms with Crippen molar-refractivity contribution < 1.29 is 24.1 Å². The average molecular weight is 456 g/mol. The number of nitro benzene ring substituents is 2. The summed E-state index contributed by atoms with van der Waals surface area (Å²) >= 11 is 0. The van der Waals surface area contributed by atoms with Gasteiger partial charge in [0.05, 0.1) is 34.3 Å². The third-order valence-electron chi connectivity index (χ3n) is 6.33. The Balaban J connectivity index is 1.61. The lowest BCUT2D eigenvalue weighted by Gasteiger charge is -2.31. The Morgan fingerprint density at radius 2 is 1.21 bits per heavy atom. The van der Waals surface area contributed by atoms with Crippen LogP contribution in [0.1, 0.15) is 36.8 Å². The summed E-state index contributed by atoms with van der Waals surface area (Å²) in [5.41, 5.74) is 1.27. The summed E-state index contributed by atoms with van der Waals surface area (Å²) in [6, 6.07) is 13.3. The van der Waals surface area contributed by atoms with Crippen LogP contribution < -0.4 is 0 Å². The van der Waals surface area contributed by atoms with Crippen molar-refractivity contribution in [2.75, 3.05) is 13.2 Å². The second-order valence-corrected chi connectivity index (χ2v) is 8.50. The first-order chi connectivity index (χ1) is 16.0. The SMILES string of the molecule is O=[N+]([O-])c1ccccc1CC(OC(Cc1ccccc1[N+](=O)[O-])C1CCCO1)C1CCCO1. The van der Waals surface area contributed by atoms with Gasteiger partial charge < -0.3 is 14.2 Å². The predicted molar refractivity (Wildman–Crippen MR) is 120 cm³/mol. The molecule has 2 heterocycles. The van der Waals surface area contributed by atoms with Crippen LogP contribution in [0.15, 0.2) is 48.5 Å². The molecule has 0 aromatic heterocycles. The molecule has 9 heteroatoms. The highest BCUT2D eigenvalue weighted by Crippen LogP contribution is 2.31. The molecule has 4 unspecified atom stereocenters. The monoisotopic (exact) mass is 456 g/mol. The summed E-state index contributed by atoms with van der Waals surface area (Å²) < 4.78 is 18.4. The zero-order valence-corrected chi connectivity index (χ0v) is 18.3. The summed E-state index contributed by atoms with van der Waals surface area (Å²) in [5.74, 6) is 0. The highest BCUT2D eigenvalue weighted by Gasteiger charge is 2.36. The second kappa shape index (κ2) is 10.8. The molecule has 4 atom stereocenters. The van der Waals surface area contributed by atoms with Gasteiger partial charge in [-0.3, -0.25) is 20.2 Å². The molecule has 2 aromatic carbocycles. The van der Waals surface area contributed by atoms with Crippen LogP contribution in [0.25, 0.3) is 0 Å². The van der Waals surface area contributed by atoms with E-state index in [9.17, 15) is 20.2 Å². The van der Waals surface area contributed by atoms with Crippen molar-refractivity contribution in [3.8, 4) is 0 Å². The van der Waals surface area contributed by atoms with Gasteiger partial charge >= 0.3 is 0 Å². The molecule has 0 spiro atoms. The molecule has 0 amide bonds. The average Bonchev–Trinajstić information content (AvgIpc) is 3.53. The van der Waals surface area contributed by atoms with Crippen LogP contribution >= 0.6 is 0 Å². The summed E-state index contributed by atoms with van der Waals surface area (Å²) in [6.45, 7) is 1.24. The van der Waals surface area contributed by atoms with E-state index >= 15 is 0 Å². The van der Waals surface area contributed by atoms with Gasteiger partial charge in [-0.05, 0) is 25.7 Å². The normalized spacial score (nSPS) is 22.2. The molecule has 2 aliphatic heterocycles. The Hall–Kier alpha value is -2.88. The van der Waals surface area contributed by atoms with E-state index in [1.807, 2.05) is 0 Å². The molecule has 0 aliphatic carbocycles. The van der Waals surface area contributed by atoms with Crippen LogP contribution in [-0.4, -0.2) is 47.5 Å². The highest BCUT2D eigenvalue weighted by molar-refractivity contribution is 5.41. The molecule has 9 nitrogen and oxygen atoms in total. The Morgan fingerprint density at radius 3 is 1.58 bits per heavy atom. The van der Waals surface area contributed by atoms with Crippen LogP contribution in [0.4, 0.5) is 11.4 Å². The van der Waals surface area contributed by atoms with Gasteiger partial charge in [0.15, 0.2) is 0 Å². The minimum absolute atomic E-state index is 0.0523. The number of hydrogen-bond donors (Lipinski definition) is 0. The minimum Gasteiger partial charge on any atom is -0.376 e. The molecule has 0 saturated carbocycles. The second-order valence-electron chi connectivity index (χ2n) is 8.50. The Morgan fingerprint density at radius 1 is 0.788 bits per heavy atom. The van der Waals surface area contributed by atoms with Gasteiger partial charge in [0, 0.05) is 49.3 Å². The fourth-order valence-corrected chi connectivity index (χ4v) is 4.71. The van der Waals surface area contributed by atoms with Gasteiger partial charge in [0.2, 0.25) is 0 Å². The smallest absolute Gasteiger partial charge is 0.272 e. The van der Waals surface area contributed by atoms with Crippen LogP contribution in [-0.2, 0) is 27.1 Å². The van der Waals surface area contributed by atoms with Gasteiger partial charge in [-0.2, -0.15) is 0 Å². The van der Waals surface area contributed by atoms with E-state index in [1.54, 1.807) is 36.4 Å². The molecule has 2 aromatic rings. The highest BCUT2D eigenvalue weighted by atomic mass is 16.6. The van der Waals surface area contributed by atoms with Crippen molar-refractivity contribution in [3.63, 3.8) is 0 Å². The standard InChI is InChI=1S/C24H28N2O7/c27-25(28)19-9-3-1-7-17(19)15-23(21-11-5-13-31-21)33-24(22-12-6-14-32-22)16-18-8-2-4-10-20(18)26(29)30/h1-4,7-10,21-24H,5-6,11-16H2. The van der Waals surface area contributed by atoms with Crippen LogP contribution in [0.2, 0.25) is 0 Å². The topological polar surface area (TPSA) is 114 Å². The molecule has 33 heavy (non-hydrogen) atoms. The number of nitrogens with zero attached hydrogens (tertiary/aromatic N) is 2. The number of benzene rings is 2. The summed E-state index contributed by atoms with van der Waals surface area (Å²) in [7, 11) is 0. The molecule has 0 N–H and O–H groups in total. The molecular formula is C24H28N2O7. The first kappa shape index (κ1) is 23.3. The first-order valence-corrected chi connectivity index (χ1v) is 11.4. The summed E-state index contributed by atoms with van der Waals surface area (Å²) in [5, 5.41) is 23.1. The Bertz CT molecular complexity index is 893. The van der Waals surface area contributed by atoms with Crippen molar-refractivity contribution in [1.82, 2.24) is 0 Å². The van der Waals surface area contributed by atoms with Gasteiger partial charge in [0.25, 0.3) is 11.4 Å². The van der Waals surface area contributed by atoms with E-state index in [0.29, 0.717) is 37.2 Å². The van der Waals surface area contributed by atoms with E-state index in [4.69, 9.17) is 14.2 Å². The van der Waals surface area contributed by atoms with Gasteiger partial charge in [-0.1, -0.05) is 36.4 Å². The Labute approximate surface area is 192 Å². The lowest BCUT2D eigenvalue weighted by molar-refractivity contribution is -0.385. The fourth-order valence-electron chi connectivity index (χ4n) is 4.71. The number of hydrogen-bond acceptors (Lipinski definition) is 7. The van der Waals surface area contributed by atoms with Crippen molar-refractivity contribution in [1.29, 1.82) is 0 Å². The van der Waals surface area contributed by atoms with Crippen molar-refractivity contribution >= 4 is 11.4 Å². The van der Waals surface area contributed by atoms with Crippen LogP contribution in [0.5, 0.6) is 0 Å². The molecule has 2 aliphatic rings. The number of para-hydroxylation sites is 2. The Kier molecular flexibility index (Phi) is 7.64. The number of nitro groups is 2. The zero-order chi connectivity index (χ0) is 23.2. The summed E-state index contributed by atoms with van der Waals surface area (Å²) in [4.78, 5) is 22.3. The maximum atomic E-state index is 11.5. The number of rotatable bonds is 10. The van der Waals surface area contributed by atoms with Gasteiger partial charge in [-0.15, -0.1) is 0 Å². The van der Waals surface area contributed by atoms with Gasteiger partial charge in [0.1, 0.15) is 0 Å². The number of ether oxygens (including phenoxy) is 3. The lowest BCUT2D eigenvalue weighted by Crippen LogP contribution is -2.40. The largest absolute Gasteiger partial charge is 0.376 e.